The summed E-state index contributed by atoms with van der Waals surface area (Å²) in [7, 11) is 1.54. The summed E-state index contributed by atoms with van der Waals surface area (Å²) in [5.41, 5.74) is -0.910. The van der Waals surface area contributed by atoms with Gasteiger partial charge in [0.15, 0.2) is 0 Å². The molecular formula is C11H14ClF3N2O. The summed E-state index contributed by atoms with van der Waals surface area (Å²) in [6.45, 7) is 0.838. The predicted octanol–water partition coefficient (Wildman–Crippen LogP) is 3.16. The molecule has 1 heterocycles. The van der Waals surface area contributed by atoms with Crippen LogP contribution in [-0.2, 0) is 10.9 Å². The molecule has 0 aliphatic rings. The number of anilines is 1. The summed E-state index contributed by atoms with van der Waals surface area (Å²) in [6.07, 6.45) is -3.85. The van der Waals surface area contributed by atoms with E-state index in [2.05, 4.69) is 10.3 Å². The second-order valence-electron chi connectivity index (χ2n) is 3.67. The van der Waals surface area contributed by atoms with Gasteiger partial charge in [-0.15, -0.1) is 11.6 Å². The van der Waals surface area contributed by atoms with Gasteiger partial charge in [0, 0.05) is 13.7 Å². The van der Waals surface area contributed by atoms with Gasteiger partial charge >= 0.3 is 6.18 Å². The highest BCUT2D eigenvalue weighted by molar-refractivity contribution is 6.20. The Hall–Kier alpha value is -1.01. The Balaban J connectivity index is 2.48. The van der Waals surface area contributed by atoms with Crippen LogP contribution in [0.5, 0.6) is 0 Å². The molecule has 1 N–H and O–H groups in total. The molecule has 1 rings (SSSR count). The lowest BCUT2D eigenvalue weighted by Crippen LogP contribution is -2.15. The molecule has 1 atom stereocenters. The zero-order chi connectivity index (χ0) is 13.6. The minimum Gasteiger partial charge on any atom is -0.383 e. The number of alkyl halides is 4. The number of methoxy groups -OCH3 is 1. The minimum absolute atomic E-state index is 0.173. The van der Waals surface area contributed by atoms with Crippen molar-refractivity contribution in [2.24, 2.45) is 0 Å². The summed E-state index contributed by atoms with van der Waals surface area (Å²) in [5, 5.41) is 2.62. The van der Waals surface area contributed by atoms with E-state index in [-0.39, 0.29) is 11.2 Å². The van der Waals surface area contributed by atoms with Crippen LogP contribution < -0.4 is 5.32 Å². The van der Waals surface area contributed by atoms with Crippen molar-refractivity contribution in [3.63, 3.8) is 0 Å². The SMILES string of the molecule is COCC(Cl)CCNc1cccc(C(F)(F)F)n1. The van der Waals surface area contributed by atoms with Crippen LogP contribution in [0, 0.1) is 0 Å². The Kier molecular flexibility index (Phi) is 5.68. The number of nitrogens with zero attached hydrogens (tertiary/aromatic N) is 1. The second-order valence-corrected chi connectivity index (χ2v) is 4.29. The zero-order valence-corrected chi connectivity index (χ0v) is 10.6. The highest BCUT2D eigenvalue weighted by atomic mass is 35.5. The fourth-order valence-corrected chi connectivity index (χ4v) is 1.55. The van der Waals surface area contributed by atoms with Crippen LogP contribution in [0.25, 0.3) is 0 Å². The largest absolute Gasteiger partial charge is 0.433 e. The first-order chi connectivity index (χ1) is 8.43. The number of hydrogen-bond donors (Lipinski definition) is 1. The fraction of sp³-hybridized carbons (Fsp3) is 0.545. The van der Waals surface area contributed by atoms with E-state index in [0.717, 1.165) is 6.07 Å². The Bertz CT molecular complexity index is 374. The van der Waals surface area contributed by atoms with Gasteiger partial charge in [0.25, 0.3) is 0 Å². The van der Waals surface area contributed by atoms with Crippen molar-refractivity contribution >= 4 is 17.4 Å². The number of pyridine rings is 1. The van der Waals surface area contributed by atoms with Gasteiger partial charge in [-0.25, -0.2) is 4.98 Å². The summed E-state index contributed by atoms with van der Waals surface area (Å²) in [4.78, 5) is 3.48. The lowest BCUT2D eigenvalue weighted by atomic mass is 10.3. The third-order valence-electron chi connectivity index (χ3n) is 2.15. The fourth-order valence-electron chi connectivity index (χ4n) is 1.31. The molecule has 0 aliphatic heterocycles. The zero-order valence-electron chi connectivity index (χ0n) is 9.80. The lowest BCUT2D eigenvalue weighted by Gasteiger charge is -2.11. The smallest absolute Gasteiger partial charge is 0.383 e. The molecular weight excluding hydrogens is 269 g/mol. The molecule has 0 fully saturated rings. The predicted molar refractivity (Wildman–Crippen MR) is 63.9 cm³/mol. The average molecular weight is 283 g/mol. The highest BCUT2D eigenvalue weighted by Crippen LogP contribution is 2.28. The summed E-state index contributed by atoms with van der Waals surface area (Å²) in [6, 6.07) is 3.72. The van der Waals surface area contributed by atoms with Crippen molar-refractivity contribution in [1.82, 2.24) is 4.98 Å². The van der Waals surface area contributed by atoms with E-state index in [9.17, 15) is 13.2 Å². The number of ether oxygens (including phenoxy) is 1. The normalized spacial score (nSPS) is 13.4. The molecule has 3 nitrogen and oxygen atoms in total. The molecule has 1 unspecified atom stereocenters. The first-order valence-corrected chi connectivity index (χ1v) is 5.78. The first kappa shape index (κ1) is 15.0. The molecule has 0 bridgehead atoms. The second kappa shape index (κ2) is 6.80. The standard InChI is InChI=1S/C11H14ClF3N2O/c1-18-7-8(12)5-6-16-10-4-2-3-9(17-10)11(13,14)15/h2-4,8H,5-7H2,1H3,(H,16,17). The Labute approximate surface area is 108 Å². The van der Waals surface area contributed by atoms with Crippen LogP contribution in [0.15, 0.2) is 18.2 Å². The molecule has 102 valence electrons. The van der Waals surface area contributed by atoms with Gasteiger partial charge in [0.05, 0.1) is 12.0 Å². The van der Waals surface area contributed by atoms with Crippen LogP contribution in [0.4, 0.5) is 19.0 Å². The van der Waals surface area contributed by atoms with E-state index >= 15 is 0 Å². The van der Waals surface area contributed by atoms with Crippen molar-refractivity contribution in [2.45, 2.75) is 18.0 Å². The first-order valence-electron chi connectivity index (χ1n) is 5.34. The van der Waals surface area contributed by atoms with Crippen molar-refractivity contribution < 1.29 is 17.9 Å². The van der Waals surface area contributed by atoms with Gasteiger partial charge in [0.1, 0.15) is 11.5 Å². The summed E-state index contributed by atoms with van der Waals surface area (Å²) in [5.74, 6) is 0.186. The monoisotopic (exact) mass is 282 g/mol. The molecule has 0 saturated carbocycles. The third kappa shape index (κ3) is 5.10. The Morgan fingerprint density at radius 1 is 1.44 bits per heavy atom. The number of hydrogen-bond acceptors (Lipinski definition) is 3. The Morgan fingerprint density at radius 3 is 2.78 bits per heavy atom. The number of rotatable bonds is 6. The maximum atomic E-state index is 12.4. The van der Waals surface area contributed by atoms with Crippen LogP contribution >= 0.6 is 11.6 Å². The van der Waals surface area contributed by atoms with E-state index in [1.165, 1.54) is 19.2 Å². The molecule has 0 aliphatic carbocycles. The van der Waals surface area contributed by atoms with E-state index in [1.54, 1.807) is 0 Å². The van der Waals surface area contributed by atoms with E-state index in [4.69, 9.17) is 16.3 Å². The van der Waals surface area contributed by atoms with Crippen LogP contribution in [-0.4, -0.2) is 30.6 Å². The van der Waals surface area contributed by atoms with Gasteiger partial charge in [-0.2, -0.15) is 13.2 Å². The van der Waals surface area contributed by atoms with Gasteiger partial charge in [-0.1, -0.05) is 6.07 Å². The quantitative estimate of drug-likeness (QED) is 0.814. The van der Waals surface area contributed by atoms with Crippen LogP contribution in [0.1, 0.15) is 12.1 Å². The van der Waals surface area contributed by atoms with Gasteiger partial charge < -0.3 is 10.1 Å². The molecule has 1 aromatic rings. The molecule has 0 spiro atoms. The van der Waals surface area contributed by atoms with Crippen molar-refractivity contribution in [2.75, 3.05) is 25.6 Å². The van der Waals surface area contributed by atoms with Gasteiger partial charge in [-0.05, 0) is 18.6 Å². The molecule has 0 amide bonds. The third-order valence-corrected chi connectivity index (χ3v) is 2.49. The minimum atomic E-state index is -4.43. The molecule has 18 heavy (non-hydrogen) atoms. The molecule has 1 aromatic heterocycles. The van der Waals surface area contributed by atoms with Crippen molar-refractivity contribution in [3.8, 4) is 0 Å². The highest BCUT2D eigenvalue weighted by Gasteiger charge is 2.32. The van der Waals surface area contributed by atoms with Crippen LogP contribution in [0.2, 0.25) is 0 Å². The molecule has 0 saturated heterocycles. The number of halogens is 4. The van der Waals surface area contributed by atoms with E-state index in [1.807, 2.05) is 0 Å². The van der Waals surface area contributed by atoms with Crippen LogP contribution in [0.3, 0.4) is 0 Å². The average Bonchev–Trinajstić information content (AvgIpc) is 2.29. The van der Waals surface area contributed by atoms with E-state index in [0.29, 0.717) is 19.6 Å². The van der Waals surface area contributed by atoms with Crippen molar-refractivity contribution in [3.05, 3.63) is 23.9 Å². The maximum Gasteiger partial charge on any atom is 0.433 e. The molecule has 0 aromatic carbocycles. The molecule has 7 heteroatoms. The summed E-state index contributed by atoms with van der Waals surface area (Å²) >= 11 is 5.89. The number of aromatic nitrogens is 1. The van der Waals surface area contributed by atoms with Gasteiger partial charge in [-0.3, -0.25) is 0 Å². The lowest BCUT2D eigenvalue weighted by molar-refractivity contribution is -0.141. The topological polar surface area (TPSA) is 34.1 Å². The van der Waals surface area contributed by atoms with E-state index < -0.39 is 11.9 Å². The summed E-state index contributed by atoms with van der Waals surface area (Å²) < 4.78 is 42.0. The van der Waals surface area contributed by atoms with Crippen molar-refractivity contribution in [1.29, 1.82) is 0 Å². The number of nitrogens with one attached hydrogen (secondary N) is 1. The Morgan fingerprint density at radius 2 is 2.17 bits per heavy atom. The van der Waals surface area contributed by atoms with Gasteiger partial charge in [0.2, 0.25) is 0 Å². The maximum absolute atomic E-state index is 12.4. The molecule has 0 radical (unpaired) electrons.